The lowest BCUT2D eigenvalue weighted by atomic mass is 10.1. The molecule has 0 spiro atoms. The van der Waals surface area contributed by atoms with Gasteiger partial charge in [-0.25, -0.2) is 4.79 Å². The van der Waals surface area contributed by atoms with Gasteiger partial charge >= 0.3 is 5.97 Å². The lowest BCUT2D eigenvalue weighted by Crippen LogP contribution is -2.11. The number of carbonyl (C=O) groups is 1. The van der Waals surface area contributed by atoms with Crippen molar-refractivity contribution < 1.29 is 20.1 Å². The molecule has 0 fully saturated rings. The minimum absolute atomic E-state index is 0. The summed E-state index contributed by atoms with van der Waals surface area (Å²) >= 11 is 0. The molecule has 6 heteroatoms. The van der Waals surface area contributed by atoms with Crippen molar-refractivity contribution in [2.24, 2.45) is 0 Å². The molecule has 0 aliphatic rings. The van der Waals surface area contributed by atoms with Crippen molar-refractivity contribution in [2.75, 3.05) is 14.1 Å². The molecule has 1 rings (SSSR count). The third kappa shape index (κ3) is 3.29. The van der Waals surface area contributed by atoms with Crippen LogP contribution in [0.3, 0.4) is 0 Å². The Morgan fingerprint density at radius 1 is 1.31 bits per heavy atom. The fraction of sp³-hybridized carbons (Fsp3) is 0.300. The first-order chi connectivity index (χ1) is 6.91. The molecule has 0 saturated heterocycles. The van der Waals surface area contributed by atoms with Gasteiger partial charge in [0.05, 0.1) is 5.56 Å². The Morgan fingerprint density at radius 3 is 2.31 bits per heavy atom. The van der Waals surface area contributed by atoms with Gasteiger partial charge in [-0.3, -0.25) is 0 Å². The number of hydrogen-bond acceptors (Lipinski definition) is 4. The van der Waals surface area contributed by atoms with Crippen LogP contribution in [0, 0.1) is 0 Å². The highest BCUT2D eigenvalue weighted by Crippen LogP contribution is 2.30. The van der Waals surface area contributed by atoms with E-state index >= 15 is 0 Å². The Labute approximate surface area is 99.3 Å². The molecule has 0 amide bonds. The van der Waals surface area contributed by atoms with Crippen molar-refractivity contribution in [3.8, 4) is 11.5 Å². The van der Waals surface area contributed by atoms with Gasteiger partial charge in [0.2, 0.25) is 0 Å². The summed E-state index contributed by atoms with van der Waals surface area (Å²) in [5.74, 6) is -1.81. The maximum Gasteiger partial charge on any atom is 0.335 e. The van der Waals surface area contributed by atoms with Crippen LogP contribution in [-0.4, -0.2) is 40.3 Å². The van der Waals surface area contributed by atoms with E-state index in [1.54, 1.807) is 19.0 Å². The van der Waals surface area contributed by atoms with E-state index in [1.807, 2.05) is 0 Å². The normalized spacial score (nSPS) is 9.94. The van der Waals surface area contributed by atoms with Gasteiger partial charge in [0.1, 0.15) is 0 Å². The third-order valence-electron chi connectivity index (χ3n) is 1.90. The van der Waals surface area contributed by atoms with E-state index in [4.69, 9.17) is 5.11 Å². The van der Waals surface area contributed by atoms with Gasteiger partial charge in [0, 0.05) is 12.1 Å². The zero-order valence-electron chi connectivity index (χ0n) is 8.97. The Hall–Kier alpha value is -1.46. The first-order valence-corrected chi connectivity index (χ1v) is 4.34. The van der Waals surface area contributed by atoms with Crippen molar-refractivity contribution in [3.05, 3.63) is 23.3 Å². The van der Waals surface area contributed by atoms with Crippen molar-refractivity contribution >= 4 is 18.4 Å². The predicted molar refractivity (Wildman–Crippen MR) is 61.4 cm³/mol. The third-order valence-corrected chi connectivity index (χ3v) is 1.90. The Bertz CT molecular complexity index is 393. The number of carboxylic acids is 1. The number of rotatable bonds is 3. The van der Waals surface area contributed by atoms with E-state index in [0.29, 0.717) is 12.1 Å². The molecule has 0 saturated carbocycles. The minimum Gasteiger partial charge on any atom is -0.504 e. The number of benzene rings is 1. The lowest BCUT2D eigenvalue weighted by Gasteiger charge is -2.12. The minimum atomic E-state index is -1.13. The summed E-state index contributed by atoms with van der Waals surface area (Å²) in [6.45, 7) is 0.362. The number of carboxylic acid groups (broad SMARTS) is 1. The van der Waals surface area contributed by atoms with Crippen LogP contribution in [0.25, 0.3) is 0 Å². The Kier molecular flexibility index (Phi) is 5.07. The number of phenolic OH excluding ortho intramolecular Hbond substituents is 2. The molecular weight excluding hydrogens is 234 g/mol. The first kappa shape index (κ1) is 14.5. The van der Waals surface area contributed by atoms with Crippen LogP contribution in [0.15, 0.2) is 12.1 Å². The molecular formula is C10H14ClNO4. The molecule has 0 unspecified atom stereocenters. The molecule has 0 aromatic heterocycles. The number of halogens is 1. The molecule has 0 aliphatic carbocycles. The van der Waals surface area contributed by atoms with Crippen molar-refractivity contribution in [1.82, 2.24) is 4.90 Å². The molecule has 0 bridgehead atoms. The second-order valence-corrected chi connectivity index (χ2v) is 3.55. The molecule has 5 nitrogen and oxygen atoms in total. The second kappa shape index (κ2) is 5.58. The van der Waals surface area contributed by atoms with Gasteiger partial charge in [-0.15, -0.1) is 12.4 Å². The fourth-order valence-electron chi connectivity index (χ4n) is 1.26. The molecule has 1 aromatic rings. The lowest BCUT2D eigenvalue weighted by molar-refractivity contribution is 0.0696. The van der Waals surface area contributed by atoms with Crippen LogP contribution in [0.2, 0.25) is 0 Å². The molecule has 1 aromatic carbocycles. The van der Waals surface area contributed by atoms with Gasteiger partial charge in [0.15, 0.2) is 11.5 Å². The van der Waals surface area contributed by atoms with E-state index in [0.717, 1.165) is 6.07 Å². The van der Waals surface area contributed by atoms with E-state index in [-0.39, 0.29) is 23.7 Å². The average Bonchev–Trinajstić information content (AvgIpc) is 2.11. The standard InChI is InChI=1S/C10H13NO4.ClH/c1-11(2)5-7-3-6(10(14)15)4-8(12)9(7)13;/h3-4,12-13H,5H2,1-2H3,(H,14,15);1H. The van der Waals surface area contributed by atoms with E-state index in [9.17, 15) is 15.0 Å². The van der Waals surface area contributed by atoms with Crippen LogP contribution in [-0.2, 0) is 6.54 Å². The maximum atomic E-state index is 10.7. The van der Waals surface area contributed by atoms with Crippen LogP contribution in [0.5, 0.6) is 11.5 Å². The van der Waals surface area contributed by atoms with Crippen molar-refractivity contribution in [3.63, 3.8) is 0 Å². The quantitative estimate of drug-likeness (QED) is 0.701. The zero-order chi connectivity index (χ0) is 11.6. The highest BCUT2D eigenvalue weighted by molar-refractivity contribution is 5.88. The highest BCUT2D eigenvalue weighted by Gasteiger charge is 2.13. The van der Waals surface area contributed by atoms with Gasteiger partial charge in [0.25, 0.3) is 0 Å². The molecule has 16 heavy (non-hydrogen) atoms. The second-order valence-electron chi connectivity index (χ2n) is 3.55. The topological polar surface area (TPSA) is 81.0 Å². The predicted octanol–water partition coefficient (Wildman–Crippen LogP) is 1.28. The summed E-state index contributed by atoms with van der Waals surface area (Å²) in [7, 11) is 3.56. The van der Waals surface area contributed by atoms with Gasteiger partial charge in [-0.1, -0.05) is 0 Å². The fourth-order valence-corrected chi connectivity index (χ4v) is 1.26. The summed E-state index contributed by atoms with van der Waals surface area (Å²) in [6.07, 6.45) is 0. The molecule has 0 atom stereocenters. The summed E-state index contributed by atoms with van der Waals surface area (Å²) in [5, 5.41) is 27.5. The summed E-state index contributed by atoms with van der Waals surface area (Å²) < 4.78 is 0. The average molecular weight is 248 g/mol. The van der Waals surface area contributed by atoms with Crippen LogP contribution in [0.1, 0.15) is 15.9 Å². The number of aromatic carboxylic acids is 1. The molecule has 0 heterocycles. The monoisotopic (exact) mass is 247 g/mol. The summed E-state index contributed by atoms with van der Waals surface area (Å²) in [4.78, 5) is 12.5. The number of phenols is 2. The van der Waals surface area contributed by atoms with E-state index in [1.165, 1.54) is 6.07 Å². The highest BCUT2D eigenvalue weighted by atomic mass is 35.5. The summed E-state index contributed by atoms with van der Waals surface area (Å²) in [5.41, 5.74) is 0.347. The van der Waals surface area contributed by atoms with Crippen molar-refractivity contribution in [1.29, 1.82) is 0 Å². The van der Waals surface area contributed by atoms with Gasteiger partial charge in [-0.2, -0.15) is 0 Å². The van der Waals surface area contributed by atoms with E-state index in [2.05, 4.69) is 0 Å². The number of nitrogens with zero attached hydrogens (tertiary/aromatic N) is 1. The Morgan fingerprint density at radius 2 is 1.88 bits per heavy atom. The van der Waals surface area contributed by atoms with Crippen LogP contribution >= 0.6 is 12.4 Å². The Balaban J connectivity index is 0.00000225. The smallest absolute Gasteiger partial charge is 0.335 e. The molecule has 3 N–H and O–H groups in total. The van der Waals surface area contributed by atoms with Crippen LogP contribution in [0.4, 0.5) is 0 Å². The van der Waals surface area contributed by atoms with Crippen molar-refractivity contribution in [2.45, 2.75) is 6.54 Å². The maximum absolute atomic E-state index is 10.7. The SMILES string of the molecule is CN(C)Cc1cc(C(=O)O)cc(O)c1O.Cl. The van der Waals surface area contributed by atoms with Gasteiger partial charge < -0.3 is 20.2 Å². The molecule has 90 valence electrons. The van der Waals surface area contributed by atoms with E-state index < -0.39 is 11.7 Å². The molecule has 0 aliphatic heterocycles. The summed E-state index contributed by atoms with van der Waals surface area (Å²) in [6, 6.07) is 2.37. The van der Waals surface area contributed by atoms with Crippen LogP contribution < -0.4 is 0 Å². The zero-order valence-corrected chi connectivity index (χ0v) is 9.78. The largest absolute Gasteiger partial charge is 0.504 e. The number of aromatic hydroxyl groups is 2. The number of hydrogen-bond donors (Lipinski definition) is 3. The first-order valence-electron chi connectivity index (χ1n) is 4.34. The van der Waals surface area contributed by atoms with Gasteiger partial charge in [-0.05, 0) is 26.2 Å². The molecule has 0 radical (unpaired) electrons.